The smallest absolute Gasteiger partial charge is 0.220 e. The second-order valence-corrected chi connectivity index (χ2v) is 5.40. The minimum atomic E-state index is 0.0845. The summed E-state index contributed by atoms with van der Waals surface area (Å²) in [4.78, 5) is 11.9. The molecule has 1 aliphatic heterocycles. The van der Waals surface area contributed by atoms with Gasteiger partial charge in [-0.05, 0) is 24.8 Å². The normalized spacial score (nSPS) is 13.1. The molecule has 3 rings (SSSR count). The van der Waals surface area contributed by atoms with Crippen molar-refractivity contribution in [3.8, 4) is 0 Å². The highest BCUT2D eigenvalue weighted by Gasteiger charge is 2.17. The number of hydrogen-bond donors (Lipinski definition) is 1. The Kier molecular flexibility index (Phi) is 4.28. The van der Waals surface area contributed by atoms with Crippen LogP contribution >= 0.6 is 0 Å². The van der Waals surface area contributed by atoms with Gasteiger partial charge in [-0.25, -0.2) is 0 Å². The van der Waals surface area contributed by atoms with E-state index in [4.69, 9.17) is 0 Å². The molecular weight excluding hydrogens is 264 g/mol. The van der Waals surface area contributed by atoms with Gasteiger partial charge in [0.05, 0.1) is 6.54 Å². The van der Waals surface area contributed by atoms with Crippen molar-refractivity contribution in [3.05, 3.63) is 47.5 Å². The van der Waals surface area contributed by atoms with Gasteiger partial charge in [0.25, 0.3) is 0 Å². The Hall–Kier alpha value is -2.17. The van der Waals surface area contributed by atoms with Crippen LogP contribution in [0.4, 0.5) is 0 Å². The van der Waals surface area contributed by atoms with Crippen molar-refractivity contribution in [1.29, 1.82) is 0 Å². The third-order valence-corrected chi connectivity index (χ3v) is 3.84. The molecule has 0 fully saturated rings. The van der Waals surface area contributed by atoms with Gasteiger partial charge in [-0.1, -0.05) is 30.3 Å². The number of rotatable bonds is 6. The number of aromatic nitrogens is 3. The Bertz CT molecular complexity index is 606. The SMILES string of the molecule is O=C(CCCc1ccccc1)NCc1nnc2n1CCC2. The minimum Gasteiger partial charge on any atom is -0.349 e. The number of carbonyl (C=O) groups excluding carboxylic acids is 1. The summed E-state index contributed by atoms with van der Waals surface area (Å²) in [6.07, 6.45) is 4.49. The van der Waals surface area contributed by atoms with Crippen molar-refractivity contribution in [1.82, 2.24) is 20.1 Å². The predicted octanol–water partition coefficient (Wildman–Crippen LogP) is 1.86. The van der Waals surface area contributed by atoms with Gasteiger partial charge < -0.3 is 9.88 Å². The van der Waals surface area contributed by atoms with Crippen molar-refractivity contribution >= 4 is 5.91 Å². The molecule has 0 bridgehead atoms. The fourth-order valence-electron chi connectivity index (χ4n) is 2.71. The van der Waals surface area contributed by atoms with Gasteiger partial charge in [-0.3, -0.25) is 4.79 Å². The molecule has 1 aromatic carbocycles. The Morgan fingerprint density at radius 2 is 2.10 bits per heavy atom. The Labute approximate surface area is 124 Å². The zero-order chi connectivity index (χ0) is 14.5. The van der Waals surface area contributed by atoms with E-state index in [1.807, 2.05) is 18.2 Å². The van der Waals surface area contributed by atoms with E-state index in [2.05, 4.69) is 32.2 Å². The zero-order valence-corrected chi connectivity index (χ0v) is 12.1. The minimum absolute atomic E-state index is 0.0845. The Balaban J connectivity index is 1.40. The molecule has 2 aromatic rings. The lowest BCUT2D eigenvalue weighted by molar-refractivity contribution is -0.121. The standard InChI is InChI=1S/C16H20N4O/c21-16(10-4-8-13-6-2-1-3-7-13)17-12-15-19-18-14-9-5-11-20(14)15/h1-3,6-7H,4-5,8-12H2,(H,17,21). The van der Waals surface area contributed by atoms with Crippen LogP contribution in [0.25, 0.3) is 0 Å². The molecule has 0 saturated heterocycles. The average Bonchev–Trinajstić information content (AvgIpc) is 3.10. The van der Waals surface area contributed by atoms with Crippen LogP contribution in [0.5, 0.6) is 0 Å². The third kappa shape index (κ3) is 3.48. The summed E-state index contributed by atoms with van der Waals surface area (Å²) in [6.45, 7) is 1.46. The van der Waals surface area contributed by atoms with Crippen molar-refractivity contribution in [2.75, 3.05) is 0 Å². The zero-order valence-electron chi connectivity index (χ0n) is 12.1. The maximum Gasteiger partial charge on any atom is 0.220 e. The van der Waals surface area contributed by atoms with Gasteiger partial charge in [0.2, 0.25) is 5.91 Å². The first-order chi connectivity index (χ1) is 10.3. The first kappa shape index (κ1) is 13.8. The Morgan fingerprint density at radius 1 is 1.24 bits per heavy atom. The van der Waals surface area contributed by atoms with Gasteiger partial charge >= 0.3 is 0 Å². The largest absolute Gasteiger partial charge is 0.349 e. The molecule has 5 nitrogen and oxygen atoms in total. The molecule has 1 N–H and O–H groups in total. The average molecular weight is 284 g/mol. The molecule has 0 saturated carbocycles. The Morgan fingerprint density at radius 3 is 2.95 bits per heavy atom. The number of fused-ring (bicyclic) bond motifs is 1. The lowest BCUT2D eigenvalue weighted by atomic mass is 10.1. The van der Waals surface area contributed by atoms with E-state index in [9.17, 15) is 4.79 Å². The van der Waals surface area contributed by atoms with E-state index in [1.54, 1.807) is 0 Å². The van der Waals surface area contributed by atoms with Gasteiger partial charge in [-0.15, -0.1) is 10.2 Å². The van der Waals surface area contributed by atoms with E-state index in [0.29, 0.717) is 13.0 Å². The number of nitrogens with zero attached hydrogens (tertiary/aromatic N) is 3. The van der Waals surface area contributed by atoms with E-state index < -0.39 is 0 Å². The second kappa shape index (κ2) is 6.52. The highest BCUT2D eigenvalue weighted by molar-refractivity contribution is 5.75. The lowest BCUT2D eigenvalue weighted by Gasteiger charge is -2.06. The first-order valence-corrected chi connectivity index (χ1v) is 7.54. The van der Waals surface area contributed by atoms with E-state index in [1.165, 1.54) is 5.56 Å². The van der Waals surface area contributed by atoms with Crippen LogP contribution in [0.15, 0.2) is 30.3 Å². The molecular formula is C16H20N4O. The van der Waals surface area contributed by atoms with E-state index >= 15 is 0 Å². The molecule has 1 aliphatic rings. The molecule has 1 aromatic heterocycles. The summed E-state index contributed by atoms with van der Waals surface area (Å²) in [5.74, 6) is 2.00. The maximum atomic E-state index is 11.9. The van der Waals surface area contributed by atoms with Gasteiger partial charge in [0.1, 0.15) is 5.82 Å². The number of amides is 1. The topological polar surface area (TPSA) is 59.8 Å². The van der Waals surface area contributed by atoms with Gasteiger partial charge in [0.15, 0.2) is 5.82 Å². The van der Waals surface area contributed by atoms with Crippen LogP contribution in [0, 0.1) is 0 Å². The number of aryl methyl sites for hydroxylation is 2. The monoisotopic (exact) mass is 284 g/mol. The molecule has 5 heteroatoms. The molecule has 0 radical (unpaired) electrons. The lowest BCUT2D eigenvalue weighted by Crippen LogP contribution is -2.24. The summed E-state index contributed by atoms with van der Waals surface area (Å²) >= 11 is 0. The van der Waals surface area contributed by atoms with Crippen LogP contribution in [-0.4, -0.2) is 20.7 Å². The molecule has 2 heterocycles. The molecule has 110 valence electrons. The fourth-order valence-corrected chi connectivity index (χ4v) is 2.71. The molecule has 1 amide bonds. The molecule has 0 unspecified atom stereocenters. The summed E-state index contributed by atoms with van der Waals surface area (Å²) in [7, 11) is 0. The van der Waals surface area contributed by atoms with E-state index in [-0.39, 0.29) is 5.91 Å². The summed E-state index contributed by atoms with van der Waals surface area (Å²) in [5, 5.41) is 11.2. The van der Waals surface area contributed by atoms with Gasteiger partial charge in [-0.2, -0.15) is 0 Å². The predicted molar refractivity (Wildman–Crippen MR) is 79.6 cm³/mol. The van der Waals surface area contributed by atoms with E-state index in [0.717, 1.165) is 43.9 Å². The second-order valence-electron chi connectivity index (χ2n) is 5.40. The summed E-state index contributed by atoms with van der Waals surface area (Å²) in [6, 6.07) is 10.3. The van der Waals surface area contributed by atoms with Crippen LogP contribution in [-0.2, 0) is 30.7 Å². The van der Waals surface area contributed by atoms with Crippen LogP contribution in [0.2, 0.25) is 0 Å². The fraction of sp³-hybridized carbons (Fsp3) is 0.438. The molecule has 21 heavy (non-hydrogen) atoms. The third-order valence-electron chi connectivity index (χ3n) is 3.84. The quantitative estimate of drug-likeness (QED) is 0.881. The summed E-state index contributed by atoms with van der Waals surface area (Å²) < 4.78 is 2.12. The number of hydrogen-bond acceptors (Lipinski definition) is 3. The molecule has 0 atom stereocenters. The maximum absolute atomic E-state index is 11.9. The van der Waals surface area contributed by atoms with Crippen LogP contribution < -0.4 is 5.32 Å². The summed E-state index contributed by atoms with van der Waals surface area (Å²) in [5.41, 5.74) is 1.28. The van der Waals surface area contributed by atoms with Crippen molar-refractivity contribution in [2.45, 2.75) is 45.2 Å². The van der Waals surface area contributed by atoms with Crippen molar-refractivity contribution < 1.29 is 4.79 Å². The van der Waals surface area contributed by atoms with Crippen molar-refractivity contribution in [2.24, 2.45) is 0 Å². The highest BCUT2D eigenvalue weighted by Crippen LogP contribution is 2.13. The van der Waals surface area contributed by atoms with Crippen LogP contribution in [0.3, 0.4) is 0 Å². The van der Waals surface area contributed by atoms with Crippen molar-refractivity contribution in [3.63, 3.8) is 0 Å². The molecule has 0 aliphatic carbocycles. The number of nitrogens with one attached hydrogen (secondary N) is 1. The van der Waals surface area contributed by atoms with Crippen LogP contribution in [0.1, 0.15) is 36.5 Å². The van der Waals surface area contributed by atoms with Gasteiger partial charge in [0, 0.05) is 19.4 Å². The highest BCUT2D eigenvalue weighted by atomic mass is 16.1. The first-order valence-electron chi connectivity index (χ1n) is 7.54. The number of carbonyl (C=O) groups is 1. The molecule has 0 spiro atoms. The number of benzene rings is 1.